The van der Waals surface area contributed by atoms with E-state index in [0.717, 1.165) is 18.6 Å². The van der Waals surface area contributed by atoms with Crippen molar-refractivity contribution in [3.8, 4) is 11.5 Å². The molecule has 0 heterocycles. The first kappa shape index (κ1) is 16.7. The molecule has 2 aromatic rings. The predicted octanol–water partition coefficient (Wildman–Crippen LogP) is 5.03. The molecule has 5 heteroatoms. The van der Waals surface area contributed by atoms with Crippen molar-refractivity contribution in [1.29, 1.82) is 0 Å². The molecule has 2 rings (SSSR count). The third-order valence-electron chi connectivity index (χ3n) is 2.99. The van der Waals surface area contributed by atoms with Gasteiger partial charge in [0.2, 0.25) is 0 Å². The molecule has 0 bridgehead atoms. The Kier molecular flexibility index (Phi) is 6.16. The maximum atomic E-state index is 12.1. The average molecular weight is 337 g/mol. The smallest absolute Gasteiger partial charge is 0.343 e. The number of esters is 1. The summed E-state index contributed by atoms with van der Waals surface area (Å²) in [5, 5.41) is 0.438. The Labute approximate surface area is 140 Å². The van der Waals surface area contributed by atoms with Crippen molar-refractivity contribution in [1.82, 2.24) is 0 Å². The Morgan fingerprint density at radius 3 is 2.45 bits per heavy atom. The van der Waals surface area contributed by atoms with E-state index in [2.05, 4.69) is 19.6 Å². The van der Waals surface area contributed by atoms with Crippen LogP contribution in [0.2, 0.25) is 5.02 Å². The number of carbonyl (C=O) groups is 1. The molecule has 0 fully saturated rings. The van der Waals surface area contributed by atoms with E-state index >= 15 is 0 Å². The third-order valence-corrected chi connectivity index (χ3v) is 3.82. The first-order valence-electron chi connectivity index (χ1n) is 7.03. The number of benzene rings is 2. The molecule has 0 unspecified atom stereocenters. The van der Waals surface area contributed by atoms with Crippen molar-refractivity contribution in [3.63, 3.8) is 0 Å². The van der Waals surface area contributed by atoms with Crippen LogP contribution < -0.4 is 9.47 Å². The van der Waals surface area contributed by atoms with Crippen molar-refractivity contribution in [2.45, 2.75) is 24.7 Å². The number of ether oxygens (including phenoxy) is 2. The Morgan fingerprint density at radius 1 is 1.14 bits per heavy atom. The van der Waals surface area contributed by atoms with Crippen LogP contribution in [0.1, 0.15) is 30.1 Å². The SMILES string of the molecule is CCCCOc1ccc(C(=O)Oc2ccc(S)c(Cl)c2)cc1. The fraction of sp³-hybridized carbons (Fsp3) is 0.235. The van der Waals surface area contributed by atoms with Gasteiger partial charge in [0.25, 0.3) is 0 Å². The second-order valence-corrected chi connectivity index (χ2v) is 5.62. The second-order valence-electron chi connectivity index (χ2n) is 4.73. The molecule has 3 nitrogen and oxygen atoms in total. The van der Waals surface area contributed by atoms with E-state index in [9.17, 15) is 4.79 Å². The van der Waals surface area contributed by atoms with Gasteiger partial charge in [-0.25, -0.2) is 4.79 Å². The highest BCUT2D eigenvalue weighted by Crippen LogP contribution is 2.25. The van der Waals surface area contributed by atoms with E-state index in [1.807, 2.05) is 0 Å². The summed E-state index contributed by atoms with van der Waals surface area (Å²) < 4.78 is 10.8. The molecule has 0 N–H and O–H groups in total. The monoisotopic (exact) mass is 336 g/mol. The Hall–Kier alpha value is -1.65. The second kappa shape index (κ2) is 8.11. The van der Waals surface area contributed by atoms with Gasteiger partial charge >= 0.3 is 5.97 Å². The summed E-state index contributed by atoms with van der Waals surface area (Å²) >= 11 is 10.1. The van der Waals surface area contributed by atoms with Gasteiger partial charge in [-0.3, -0.25) is 0 Å². The molecule has 0 aliphatic carbocycles. The van der Waals surface area contributed by atoms with Gasteiger partial charge in [-0.2, -0.15) is 0 Å². The fourth-order valence-electron chi connectivity index (χ4n) is 1.74. The number of halogens is 1. The maximum Gasteiger partial charge on any atom is 0.343 e. The standard InChI is InChI=1S/C17H17ClO3S/c1-2-3-10-20-13-6-4-12(5-7-13)17(19)21-14-8-9-16(22)15(18)11-14/h4-9,11,22H,2-3,10H2,1H3. The van der Waals surface area contributed by atoms with Gasteiger partial charge in [0.15, 0.2) is 0 Å². The molecule has 22 heavy (non-hydrogen) atoms. The Bertz CT molecular complexity index is 641. The molecule has 0 saturated heterocycles. The first-order valence-corrected chi connectivity index (χ1v) is 7.86. The van der Waals surface area contributed by atoms with Gasteiger partial charge in [0, 0.05) is 11.0 Å². The molecule has 0 atom stereocenters. The zero-order valence-corrected chi connectivity index (χ0v) is 13.9. The van der Waals surface area contributed by atoms with Crippen molar-refractivity contribution in [2.75, 3.05) is 6.61 Å². The minimum atomic E-state index is -0.442. The highest BCUT2D eigenvalue weighted by atomic mass is 35.5. The van der Waals surface area contributed by atoms with Crippen LogP contribution >= 0.6 is 24.2 Å². The molecule has 0 radical (unpaired) electrons. The predicted molar refractivity (Wildman–Crippen MR) is 90.5 cm³/mol. The fourth-order valence-corrected chi connectivity index (χ4v) is 2.05. The largest absolute Gasteiger partial charge is 0.494 e. The lowest BCUT2D eigenvalue weighted by molar-refractivity contribution is 0.0734. The molecule has 0 aliphatic rings. The summed E-state index contributed by atoms with van der Waals surface area (Å²) in [5.41, 5.74) is 0.453. The van der Waals surface area contributed by atoms with Crippen LogP contribution in [0.15, 0.2) is 47.4 Å². The molecule has 0 amide bonds. The number of unbranched alkanes of at least 4 members (excludes halogenated alkanes) is 1. The van der Waals surface area contributed by atoms with E-state index in [0.29, 0.717) is 27.8 Å². The van der Waals surface area contributed by atoms with E-state index in [1.54, 1.807) is 42.5 Å². The number of rotatable bonds is 6. The van der Waals surface area contributed by atoms with Crippen molar-refractivity contribution in [3.05, 3.63) is 53.1 Å². The molecule has 116 valence electrons. The quantitative estimate of drug-likeness (QED) is 0.348. The van der Waals surface area contributed by atoms with Crippen LogP contribution in [-0.4, -0.2) is 12.6 Å². The van der Waals surface area contributed by atoms with Crippen LogP contribution in [-0.2, 0) is 0 Å². The Morgan fingerprint density at radius 2 is 1.82 bits per heavy atom. The highest BCUT2D eigenvalue weighted by Gasteiger charge is 2.09. The number of hydrogen-bond donors (Lipinski definition) is 1. The van der Waals surface area contributed by atoms with Gasteiger partial charge in [-0.15, -0.1) is 12.6 Å². The van der Waals surface area contributed by atoms with Crippen LogP contribution in [0.4, 0.5) is 0 Å². The van der Waals surface area contributed by atoms with Crippen LogP contribution in [0, 0.1) is 0 Å². The van der Waals surface area contributed by atoms with Gasteiger partial charge in [0.05, 0.1) is 17.2 Å². The summed E-state index contributed by atoms with van der Waals surface area (Å²) in [6, 6.07) is 11.8. The molecular weight excluding hydrogens is 320 g/mol. The number of carbonyl (C=O) groups excluding carboxylic acids is 1. The van der Waals surface area contributed by atoms with E-state index < -0.39 is 5.97 Å². The number of thiol groups is 1. The van der Waals surface area contributed by atoms with Crippen LogP contribution in [0.5, 0.6) is 11.5 Å². The number of hydrogen-bond acceptors (Lipinski definition) is 4. The maximum absolute atomic E-state index is 12.1. The van der Waals surface area contributed by atoms with Gasteiger partial charge < -0.3 is 9.47 Å². The highest BCUT2D eigenvalue weighted by molar-refractivity contribution is 7.80. The lowest BCUT2D eigenvalue weighted by Gasteiger charge is -2.07. The molecular formula is C17H17ClO3S. The summed E-state index contributed by atoms with van der Waals surface area (Å²) in [5.74, 6) is 0.687. The molecule has 0 aliphatic heterocycles. The topological polar surface area (TPSA) is 35.5 Å². The minimum absolute atomic E-state index is 0.385. The van der Waals surface area contributed by atoms with E-state index in [1.165, 1.54) is 0 Å². The van der Waals surface area contributed by atoms with E-state index in [4.69, 9.17) is 21.1 Å². The lowest BCUT2D eigenvalue weighted by atomic mass is 10.2. The van der Waals surface area contributed by atoms with E-state index in [-0.39, 0.29) is 0 Å². The zero-order chi connectivity index (χ0) is 15.9. The molecule has 2 aromatic carbocycles. The van der Waals surface area contributed by atoms with Gasteiger partial charge in [0.1, 0.15) is 11.5 Å². The zero-order valence-electron chi connectivity index (χ0n) is 12.2. The average Bonchev–Trinajstić information content (AvgIpc) is 2.52. The first-order chi connectivity index (χ1) is 10.6. The van der Waals surface area contributed by atoms with Crippen LogP contribution in [0.25, 0.3) is 0 Å². The summed E-state index contributed by atoms with van der Waals surface area (Å²) in [6.45, 7) is 2.78. The normalized spacial score (nSPS) is 10.3. The van der Waals surface area contributed by atoms with Gasteiger partial charge in [-0.05, 0) is 42.8 Å². The summed E-state index contributed by atoms with van der Waals surface area (Å²) in [6.07, 6.45) is 2.09. The lowest BCUT2D eigenvalue weighted by Crippen LogP contribution is -2.08. The third kappa shape index (κ3) is 4.68. The van der Waals surface area contributed by atoms with Crippen molar-refractivity contribution >= 4 is 30.2 Å². The van der Waals surface area contributed by atoms with Crippen molar-refractivity contribution < 1.29 is 14.3 Å². The Balaban J connectivity index is 1.98. The molecule has 0 saturated carbocycles. The summed E-state index contributed by atoms with van der Waals surface area (Å²) in [7, 11) is 0. The summed E-state index contributed by atoms with van der Waals surface area (Å²) in [4.78, 5) is 12.7. The van der Waals surface area contributed by atoms with Crippen LogP contribution in [0.3, 0.4) is 0 Å². The van der Waals surface area contributed by atoms with Gasteiger partial charge in [-0.1, -0.05) is 24.9 Å². The molecule has 0 aromatic heterocycles. The minimum Gasteiger partial charge on any atom is -0.494 e. The molecule has 0 spiro atoms. The van der Waals surface area contributed by atoms with Crippen molar-refractivity contribution in [2.24, 2.45) is 0 Å².